The van der Waals surface area contributed by atoms with Crippen LogP contribution in [0.5, 0.6) is 0 Å². The smallest absolute Gasteiger partial charge is 0.228 e. The van der Waals surface area contributed by atoms with Crippen molar-refractivity contribution in [3.05, 3.63) is 66.1 Å². The topological polar surface area (TPSA) is 54.7 Å². The SMILES string of the molecule is O=C1CC2(CC(=O)N(c3ccc4nccn4c3)C2)c2ccccc21. The number of aromatic nitrogens is 2. The van der Waals surface area contributed by atoms with Gasteiger partial charge >= 0.3 is 0 Å². The van der Waals surface area contributed by atoms with Crippen LogP contribution in [0.15, 0.2) is 55.0 Å². The monoisotopic (exact) mass is 317 g/mol. The maximum absolute atomic E-state index is 12.7. The predicted molar refractivity (Wildman–Crippen MR) is 89.2 cm³/mol. The minimum absolute atomic E-state index is 0.0685. The van der Waals surface area contributed by atoms with Gasteiger partial charge in [0.15, 0.2) is 5.78 Å². The van der Waals surface area contributed by atoms with Crippen LogP contribution in [0.4, 0.5) is 5.69 Å². The first-order valence-corrected chi connectivity index (χ1v) is 8.02. The lowest BCUT2D eigenvalue weighted by molar-refractivity contribution is -0.117. The number of rotatable bonds is 1. The van der Waals surface area contributed by atoms with Gasteiger partial charge in [0, 0.05) is 49.0 Å². The molecule has 3 aromatic rings. The largest absolute Gasteiger partial charge is 0.310 e. The number of carbonyl (C=O) groups excluding carboxylic acids is 2. The van der Waals surface area contributed by atoms with Gasteiger partial charge in [-0.1, -0.05) is 24.3 Å². The normalized spacial score (nSPS) is 22.8. The highest BCUT2D eigenvalue weighted by atomic mass is 16.2. The van der Waals surface area contributed by atoms with Crippen LogP contribution < -0.4 is 4.90 Å². The van der Waals surface area contributed by atoms with E-state index in [4.69, 9.17) is 0 Å². The van der Waals surface area contributed by atoms with Gasteiger partial charge < -0.3 is 9.30 Å². The minimum atomic E-state index is -0.380. The zero-order chi connectivity index (χ0) is 16.3. The molecule has 0 radical (unpaired) electrons. The summed E-state index contributed by atoms with van der Waals surface area (Å²) in [4.78, 5) is 31.1. The number of anilines is 1. The van der Waals surface area contributed by atoms with Crippen LogP contribution in [-0.2, 0) is 10.2 Å². The number of amides is 1. The number of ketones is 1. The van der Waals surface area contributed by atoms with E-state index in [1.165, 1.54) is 0 Å². The average molecular weight is 317 g/mol. The molecular weight excluding hydrogens is 302 g/mol. The summed E-state index contributed by atoms with van der Waals surface area (Å²) in [5.41, 5.74) is 3.11. The zero-order valence-corrected chi connectivity index (χ0v) is 13.0. The number of benzene rings is 1. The number of hydrogen-bond acceptors (Lipinski definition) is 3. The third-order valence-corrected chi connectivity index (χ3v) is 5.23. The fraction of sp³-hybridized carbons (Fsp3) is 0.211. The molecule has 0 N–H and O–H groups in total. The number of pyridine rings is 1. The minimum Gasteiger partial charge on any atom is -0.310 e. The molecule has 2 aromatic heterocycles. The summed E-state index contributed by atoms with van der Waals surface area (Å²) in [6.45, 7) is 0.550. The molecule has 5 rings (SSSR count). The Morgan fingerprint density at radius 3 is 2.83 bits per heavy atom. The van der Waals surface area contributed by atoms with Crippen LogP contribution in [0.2, 0.25) is 0 Å². The van der Waals surface area contributed by atoms with Crippen molar-refractivity contribution in [3.8, 4) is 0 Å². The van der Waals surface area contributed by atoms with Crippen LogP contribution >= 0.6 is 0 Å². The van der Waals surface area contributed by atoms with E-state index >= 15 is 0 Å². The van der Waals surface area contributed by atoms with Gasteiger partial charge in [0.1, 0.15) is 5.65 Å². The van der Waals surface area contributed by atoms with E-state index in [1.54, 1.807) is 11.1 Å². The second kappa shape index (κ2) is 4.54. The first kappa shape index (κ1) is 13.5. The molecule has 1 saturated heterocycles. The number of fused-ring (bicyclic) bond motifs is 3. The Balaban J connectivity index is 1.57. The lowest BCUT2D eigenvalue weighted by atomic mass is 9.81. The summed E-state index contributed by atoms with van der Waals surface area (Å²) in [5.74, 6) is 0.212. The maximum atomic E-state index is 12.7. The van der Waals surface area contributed by atoms with Crippen molar-refractivity contribution in [2.75, 3.05) is 11.4 Å². The molecule has 1 spiro atoms. The van der Waals surface area contributed by atoms with Gasteiger partial charge in [0.25, 0.3) is 0 Å². The Morgan fingerprint density at radius 1 is 1.04 bits per heavy atom. The predicted octanol–water partition coefficient (Wildman–Crippen LogP) is 2.60. The molecule has 1 aromatic carbocycles. The van der Waals surface area contributed by atoms with Crippen molar-refractivity contribution < 1.29 is 9.59 Å². The third-order valence-electron chi connectivity index (χ3n) is 5.23. The highest BCUT2D eigenvalue weighted by Gasteiger charge is 2.51. The second-order valence-corrected chi connectivity index (χ2v) is 6.66. The molecule has 0 bridgehead atoms. The van der Waals surface area contributed by atoms with Gasteiger partial charge in [-0.3, -0.25) is 9.59 Å². The third kappa shape index (κ3) is 1.72. The first-order chi connectivity index (χ1) is 11.7. The Hall–Kier alpha value is -2.95. The van der Waals surface area contributed by atoms with E-state index in [0.717, 1.165) is 22.5 Å². The molecule has 3 heterocycles. The molecule has 2 aliphatic rings. The van der Waals surface area contributed by atoms with Crippen molar-refractivity contribution in [2.24, 2.45) is 0 Å². The standard InChI is InChI=1S/C19H15N3O2/c23-16-9-19(15-4-2-1-3-14(15)16)10-18(24)22(12-19)13-5-6-17-20-7-8-21(17)11-13/h1-8,11H,9-10,12H2. The van der Waals surface area contributed by atoms with E-state index in [0.29, 0.717) is 19.4 Å². The van der Waals surface area contributed by atoms with Gasteiger partial charge in [-0.15, -0.1) is 0 Å². The van der Waals surface area contributed by atoms with Crippen LogP contribution in [0.1, 0.15) is 28.8 Å². The van der Waals surface area contributed by atoms with Crippen molar-refractivity contribution in [1.29, 1.82) is 0 Å². The lowest BCUT2D eigenvalue weighted by Gasteiger charge is -2.24. The molecule has 5 heteroatoms. The summed E-state index contributed by atoms with van der Waals surface area (Å²) in [6, 6.07) is 11.5. The molecule has 24 heavy (non-hydrogen) atoms. The van der Waals surface area contributed by atoms with Crippen molar-refractivity contribution in [1.82, 2.24) is 9.38 Å². The van der Waals surface area contributed by atoms with Crippen molar-refractivity contribution in [2.45, 2.75) is 18.3 Å². The molecule has 1 fully saturated rings. The van der Waals surface area contributed by atoms with Crippen LogP contribution in [0, 0.1) is 0 Å². The summed E-state index contributed by atoms with van der Waals surface area (Å²) >= 11 is 0. The van der Waals surface area contributed by atoms with E-state index in [-0.39, 0.29) is 17.1 Å². The molecule has 1 aliphatic carbocycles. The number of hydrogen-bond donors (Lipinski definition) is 0. The Kier molecular flexibility index (Phi) is 2.55. The van der Waals surface area contributed by atoms with E-state index in [1.807, 2.05) is 53.2 Å². The summed E-state index contributed by atoms with van der Waals surface area (Å²) in [5, 5.41) is 0. The van der Waals surface area contributed by atoms with Crippen molar-refractivity contribution in [3.63, 3.8) is 0 Å². The van der Waals surface area contributed by atoms with E-state index in [2.05, 4.69) is 4.98 Å². The number of carbonyl (C=O) groups is 2. The highest BCUT2D eigenvalue weighted by molar-refractivity contribution is 6.06. The fourth-order valence-electron chi connectivity index (χ4n) is 4.12. The van der Waals surface area contributed by atoms with E-state index < -0.39 is 0 Å². The van der Waals surface area contributed by atoms with Crippen molar-refractivity contribution >= 4 is 23.0 Å². The molecule has 0 saturated carbocycles. The van der Waals surface area contributed by atoms with E-state index in [9.17, 15) is 9.59 Å². The van der Waals surface area contributed by atoms with Gasteiger partial charge in [-0.2, -0.15) is 0 Å². The Bertz CT molecular complexity index is 1010. The summed E-state index contributed by atoms with van der Waals surface area (Å²) in [6.07, 6.45) is 6.32. The lowest BCUT2D eigenvalue weighted by Crippen LogP contribution is -2.30. The molecule has 1 amide bonds. The van der Waals surface area contributed by atoms with Gasteiger partial charge in [0.05, 0.1) is 5.69 Å². The van der Waals surface area contributed by atoms with Gasteiger partial charge in [-0.25, -0.2) is 4.98 Å². The van der Waals surface area contributed by atoms with Crippen LogP contribution in [-0.4, -0.2) is 27.6 Å². The molecule has 5 nitrogen and oxygen atoms in total. The molecule has 1 aliphatic heterocycles. The first-order valence-electron chi connectivity index (χ1n) is 8.02. The molecule has 118 valence electrons. The number of imidazole rings is 1. The highest BCUT2D eigenvalue weighted by Crippen LogP contribution is 2.46. The fourth-order valence-corrected chi connectivity index (χ4v) is 4.12. The van der Waals surface area contributed by atoms with Gasteiger partial charge in [-0.05, 0) is 17.7 Å². The number of nitrogens with zero attached hydrogens (tertiary/aromatic N) is 3. The summed E-state index contributed by atoms with van der Waals surface area (Å²) in [7, 11) is 0. The maximum Gasteiger partial charge on any atom is 0.228 e. The molecule has 1 atom stereocenters. The molecule has 1 unspecified atom stereocenters. The average Bonchev–Trinajstić information content (AvgIpc) is 3.25. The summed E-state index contributed by atoms with van der Waals surface area (Å²) < 4.78 is 1.90. The quantitative estimate of drug-likeness (QED) is 0.693. The van der Waals surface area contributed by atoms with Crippen LogP contribution in [0.25, 0.3) is 5.65 Å². The van der Waals surface area contributed by atoms with Gasteiger partial charge in [0.2, 0.25) is 5.91 Å². The second-order valence-electron chi connectivity index (χ2n) is 6.66. The Labute approximate surface area is 138 Å². The van der Waals surface area contributed by atoms with Crippen LogP contribution in [0.3, 0.4) is 0 Å². The Morgan fingerprint density at radius 2 is 1.92 bits per heavy atom. The molecular formula is C19H15N3O2. The zero-order valence-electron chi connectivity index (χ0n) is 13.0. The number of Topliss-reactive ketones (excluding diaryl/α,β-unsaturated/α-hetero) is 1.